The highest BCUT2D eigenvalue weighted by atomic mass is 19.4. The monoisotopic (exact) mass is 1030 g/mol. The van der Waals surface area contributed by atoms with Crippen LogP contribution in [0, 0.1) is 0 Å². The Labute approximate surface area is 405 Å². The summed E-state index contributed by atoms with van der Waals surface area (Å²) in [5.74, 6) is -1.05. The average molecular weight is 1030 g/mol. The van der Waals surface area contributed by atoms with Gasteiger partial charge in [0.2, 0.25) is 23.6 Å². The van der Waals surface area contributed by atoms with Crippen molar-refractivity contribution < 1.29 is 81.3 Å². The van der Waals surface area contributed by atoms with Crippen molar-refractivity contribution >= 4 is 23.6 Å². The lowest BCUT2D eigenvalue weighted by atomic mass is 9.87. The van der Waals surface area contributed by atoms with Crippen molar-refractivity contribution in [3.63, 3.8) is 0 Å². The summed E-state index contributed by atoms with van der Waals surface area (Å²) in [7, 11) is 0. The molecular weight excluding hydrogens is 981 g/mol. The highest BCUT2D eigenvalue weighted by Crippen LogP contribution is 2.43. The van der Waals surface area contributed by atoms with Crippen LogP contribution in [0.1, 0.15) is 109 Å². The maximum absolute atomic E-state index is 13.3. The molecule has 4 aliphatic rings. The third-order valence-electron chi connectivity index (χ3n) is 13.4. The van der Waals surface area contributed by atoms with Crippen molar-refractivity contribution in [2.45, 2.75) is 112 Å². The van der Waals surface area contributed by atoms with Gasteiger partial charge in [0.05, 0.1) is 58.8 Å². The number of carbonyl (C=O) groups is 4. The van der Waals surface area contributed by atoms with Crippen LogP contribution in [0.5, 0.6) is 0 Å². The van der Waals surface area contributed by atoms with Crippen LogP contribution in [0.25, 0.3) is 0 Å². The number of halogens is 12. The third-order valence-corrected chi connectivity index (χ3v) is 13.4. The molecule has 388 valence electrons. The zero-order chi connectivity index (χ0) is 52.6. The lowest BCUT2D eigenvalue weighted by Gasteiger charge is -2.32. The number of alkyl halides is 12. The van der Waals surface area contributed by atoms with Gasteiger partial charge in [-0.05, 0) is 85.3 Å². The number of likely N-dealkylation sites (tertiary alicyclic amines) is 2. The van der Waals surface area contributed by atoms with E-state index in [1.807, 2.05) is 0 Å². The number of nitrogens with one attached hydrogen (secondary N) is 2. The fraction of sp³-hybridized carbons (Fsp3) is 0.440. The molecule has 4 saturated heterocycles. The molecule has 8 rings (SSSR count). The second-order valence-corrected chi connectivity index (χ2v) is 18.3. The first-order valence-corrected chi connectivity index (χ1v) is 22.8. The molecule has 2 N–H and O–H groups in total. The smallest absolute Gasteiger partial charge is 0.371 e. The van der Waals surface area contributed by atoms with Crippen LogP contribution in [-0.4, -0.2) is 71.8 Å². The predicted molar refractivity (Wildman–Crippen MR) is 233 cm³/mol. The summed E-state index contributed by atoms with van der Waals surface area (Å²) in [5.41, 5.74) is -7.23. The largest absolute Gasteiger partial charge is 0.416 e. The molecule has 10 nitrogen and oxygen atoms in total. The lowest BCUT2D eigenvalue weighted by Crippen LogP contribution is -2.43. The van der Waals surface area contributed by atoms with E-state index in [2.05, 4.69) is 10.6 Å². The minimum Gasteiger partial charge on any atom is -0.371 e. The van der Waals surface area contributed by atoms with E-state index in [0.29, 0.717) is 74.2 Å². The van der Waals surface area contributed by atoms with Crippen molar-refractivity contribution in [1.82, 2.24) is 20.4 Å². The number of carbonyl (C=O) groups excluding carboxylic acids is 4. The lowest BCUT2D eigenvalue weighted by molar-refractivity contribution is -0.145. The molecule has 0 bridgehead atoms. The second kappa shape index (κ2) is 20.4. The normalized spacial score (nSPS) is 23.8. The Morgan fingerprint density at radius 1 is 0.514 bits per heavy atom. The van der Waals surface area contributed by atoms with Gasteiger partial charge < -0.3 is 29.9 Å². The molecule has 6 atom stereocenters. The molecule has 72 heavy (non-hydrogen) atoms. The van der Waals surface area contributed by atoms with Gasteiger partial charge in [-0.3, -0.25) is 19.2 Å². The molecule has 22 heteroatoms. The Morgan fingerprint density at radius 3 is 1.08 bits per heavy atom. The number of benzene rings is 4. The molecule has 0 spiro atoms. The highest BCUT2D eigenvalue weighted by molar-refractivity contribution is 5.92. The summed E-state index contributed by atoms with van der Waals surface area (Å²) < 4.78 is 171. The van der Waals surface area contributed by atoms with Gasteiger partial charge >= 0.3 is 24.7 Å². The molecule has 4 heterocycles. The number of nitrogens with zero attached hydrogens (tertiary/aromatic N) is 2. The Hall–Kier alpha value is -6.16. The van der Waals surface area contributed by atoms with E-state index in [9.17, 15) is 71.9 Å². The van der Waals surface area contributed by atoms with Crippen LogP contribution >= 0.6 is 0 Å². The third kappa shape index (κ3) is 11.9. The topological polar surface area (TPSA) is 117 Å². The van der Waals surface area contributed by atoms with E-state index in [0.717, 1.165) is 0 Å². The summed E-state index contributed by atoms with van der Waals surface area (Å²) >= 11 is 0. The number of hydrogen-bond acceptors (Lipinski definition) is 6. The summed E-state index contributed by atoms with van der Waals surface area (Å²) in [6.07, 6.45) is -20.0. The standard InChI is InChI=1S/2C25H24F6N2O3/c2*1-15(16-10-18(24(26,27)28)12-19(11-16)25(29,30)31)36-14-23(17-6-3-2-4-7-17)13-20(22(35)32-23)33-9-5-8-21(33)34/h2*2-4,6-7,10-12,15,20H,5,8-9,13-14H2,1H3,(H,32,35)/t15-,20+,23-;15-,20-,23-/m11/s1. The van der Waals surface area contributed by atoms with Crippen molar-refractivity contribution in [2.75, 3.05) is 26.3 Å². The van der Waals surface area contributed by atoms with Crippen LogP contribution in [0.3, 0.4) is 0 Å². The average Bonchev–Trinajstić information content (AvgIpc) is 4.12. The van der Waals surface area contributed by atoms with Crippen molar-refractivity contribution in [1.29, 1.82) is 0 Å². The molecule has 4 fully saturated rings. The Balaban J connectivity index is 0.000000211. The first kappa shape index (κ1) is 53.6. The number of ether oxygens (including phenoxy) is 2. The molecule has 0 radical (unpaired) electrons. The van der Waals surface area contributed by atoms with Gasteiger partial charge in [-0.2, -0.15) is 52.7 Å². The minimum atomic E-state index is -4.98. The van der Waals surface area contributed by atoms with Crippen LogP contribution in [0.15, 0.2) is 97.1 Å². The van der Waals surface area contributed by atoms with Crippen molar-refractivity contribution in [3.8, 4) is 0 Å². The molecule has 0 aliphatic carbocycles. The van der Waals surface area contributed by atoms with E-state index in [1.54, 1.807) is 60.7 Å². The van der Waals surface area contributed by atoms with Crippen LogP contribution in [0.2, 0.25) is 0 Å². The SMILES string of the molecule is C[C@@H](OC[C@@]1(c2ccccc2)C[C@@H](N2CCCC2=O)C(=O)N1)c1cc(C(F)(F)F)cc(C(F)(F)F)c1.C[C@@H](OC[C@@]1(c2ccccc2)C[C@H](N2CCCC2=O)C(=O)N1)c1cc(C(F)(F)F)cc(C(F)(F)F)c1. The van der Waals surface area contributed by atoms with Crippen LogP contribution in [-0.2, 0) is 64.4 Å². The quantitative estimate of drug-likeness (QED) is 0.137. The Bertz CT molecular complexity index is 2380. The second-order valence-electron chi connectivity index (χ2n) is 18.3. The molecule has 4 aromatic carbocycles. The zero-order valence-corrected chi connectivity index (χ0v) is 38.5. The summed E-state index contributed by atoms with van der Waals surface area (Å²) in [6.45, 7) is 3.13. The summed E-state index contributed by atoms with van der Waals surface area (Å²) in [6, 6.07) is 18.6. The fourth-order valence-electron chi connectivity index (χ4n) is 9.49. The summed E-state index contributed by atoms with van der Waals surface area (Å²) in [5, 5.41) is 5.78. The van der Waals surface area contributed by atoms with E-state index in [4.69, 9.17) is 9.47 Å². The fourth-order valence-corrected chi connectivity index (χ4v) is 9.49. The molecule has 4 aliphatic heterocycles. The molecule has 0 saturated carbocycles. The van der Waals surface area contributed by atoms with E-state index in [-0.39, 0.29) is 72.9 Å². The van der Waals surface area contributed by atoms with E-state index in [1.165, 1.54) is 23.6 Å². The first-order chi connectivity index (χ1) is 33.6. The van der Waals surface area contributed by atoms with Gasteiger partial charge in [0.1, 0.15) is 12.1 Å². The molecule has 0 unspecified atom stereocenters. The van der Waals surface area contributed by atoms with Gasteiger partial charge in [0.15, 0.2) is 0 Å². The van der Waals surface area contributed by atoms with Gasteiger partial charge in [0, 0.05) is 38.8 Å². The van der Waals surface area contributed by atoms with Crippen LogP contribution < -0.4 is 10.6 Å². The summed E-state index contributed by atoms with van der Waals surface area (Å²) in [4.78, 5) is 53.4. The van der Waals surface area contributed by atoms with E-state index < -0.39 is 82.3 Å². The molecule has 4 aromatic rings. The molecular formula is C50H48F12N4O6. The van der Waals surface area contributed by atoms with Gasteiger partial charge in [-0.25, -0.2) is 0 Å². The zero-order valence-electron chi connectivity index (χ0n) is 38.5. The number of rotatable bonds is 12. The Kier molecular flexibility index (Phi) is 15.2. The Morgan fingerprint density at radius 2 is 0.819 bits per heavy atom. The number of amides is 4. The minimum absolute atomic E-state index is 0.0660. The van der Waals surface area contributed by atoms with Crippen molar-refractivity contribution in [2.24, 2.45) is 0 Å². The van der Waals surface area contributed by atoms with Gasteiger partial charge in [-0.1, -0.05) is 60.7 Å². The maximum atomic E-state index is 13.3. The highest BCUT2D eigenvalue weighted by Gasteiger charge is 2.51. The first-order valence-electron chi connectivity index (χ1n) is 22.8. The van der Waals surface area contributed by atoms with Crippen molar-refractivity contribution in [3.05, 3.63) is 142 Å². The van der Waals surface area contributed by atoms with E-state index >= 15 is 0 Å². The maximum Gasteiger partial charge on any atom is 0.416 e. The van der Waals surface area contributed by atoms with Crippen LogP contribution in [0.4, 0.5) is 52.7 Å². The molecule has 0 aromatic heterocycles. The predicted octanol–water partition coefficient (Wildman–Crippen LogP) is 10.4. The molecule has 4 amide bonds. The van der Waals surface area contributed by atoms with Gasteiger partial charge in [0.25, 0.3) is 0 Å². The van der Waals surface area contributed by atoms with Gasteiger partial charge in [-0.15, -0.1) is 0 Å². The number of hydrogen-bond donors (Lipinski definition) is 2.